The Morgan fingerprint density at radius 3 is 2.21 bits per heavy atom. The van der Waals surface area contributed by atoms with E-state index < -0.39 is 33.9 Å². The Morgan fingerprint density at radius 1 is 1.03 bits per heavy atom. The van der Waals surface area contributed by atoms with Gasteiger partial charge in [0.2, 0.25) is 5.91 Å². The molecule has 0 saturated carbocycles. The number of nitrogens with zero attached hydrogens (tertiary/aromatic N) is 2. The Balaban J connectivity index is 1.78. The number of aromatic nitrogens is 2. The Hall–Kier alpha value is -4.20. The van der Waals surface area contributed by atoms with Crippen molar-refractivity contribution in [1.29, 1.82) is 0 Å². The summed E-state index contributed by atoms with van der Waals surface area (Å²) in [6, 6.07) is 9.70. The van der Waals surface area contributed by atoms with Gasteiger partial charge in [0.1, 0.15) is 5.75 Å². The molecular weight excluding hydrogens is 479 g/mol. The van der Waals surface area contributed by atoms with Gasteiger partial charge in [0.15, 0.2) is 11.5 Å². The van der Waals surface area contributed by atoms with Crippen molar-refractivity contribution in [2.24, 2.45) is 0 Å². The monoisotopic (exact) mass is 495 g/mol. The van der Waals surface area contributed by atoms with E-state index in [1.807, 2.05) is 4.72 Å². The van der Waals surface area contributed by atoms with Crippen LogP contribution in [0.4, 0.5) is 24.7 Å². The molecule has 0 unspecified atom stereocenters. The molecule has 3 aromatic rings. The number of alkyl halides is 3. The fraction of sp³-hybridized carbons (Fsp3) is 0.100. The normalized spacial score (nSPS) is 11.5. The SMILES string of the molecule is CC(=O)NS(=O)(=O)c1ccc(NC(=O)c2nc(-c3ccc(OC(F)(F)F)cc3)cnc2N)cc1. The second-order valence-electron chi connectivity index (χ2n) is 6.70. The molecule has 2 aromatic carbocycles. The summed E-state index contributed by atoms with van der Waals surface area (Å²) in [5.74, 6) is -2.15. The first-order chi connectivity index (χ1) is 15.8. The van der Waals surface area contributed by atoms with Crippen LogP contribution in [0.1, 0.15) is 17.4 Å². The van der Waals surface area contributed by atoms with E-state index in [2.05, 4.69) is 20.0 Å². The van der Waals surface area contributed by atoms with Gasteiger partial charge >= 0.3 is 6.36 Å². The second-order valence-corrected chi connectivity index (χ2v) is 8.38. The molecule has 178 valence electrons. The van der Waals surface area contributed by atoms with Crippen molar-refractivity contribution in [2.45, 2.75) is 18.2 Å². The summed E-state index contributed by atoms with van der Waals surface area (Å²) >= 11 is 0. The summed E-state index contributed by atoms with van der Waals surface area (Å²) in [6.45, 7) is 1.05. The highest BCUT2D eigenvalue weighted by molar-refractivity contribution is 7.90. The maximum atomic E-state index is 12.6. The topological polar surface area (TPSA) is 153 Å². The van der Waals surface area contributed by atoms with Crippen LogP contribution >= 0.6 is 0 Å². The number of ether oxygens (including phenoxy) is 1. The number of rotatable bonds is 6. The fourth-order valence-corrected chi connectivity index (χ4v) is 3.68. The van der Waals surface area contributed by atoms with Gasteiger partial charge in [-0.2, -0.15) is 0 Å². The number of anilines is 2. The van der Waals surface area contributed by atoms with Gasteiger partial charge in [-0.3, -0.25) is 9.59 Å². The zero-order chi connectivity index (χ0) is 25.1. The number of sulfonamides is 1. The molecule has 0 radical (unpaired) electrons. The first kappa shape index (κ1) is 24.4. The van der Waals surface area contributed by atoms with Gasteiger partial charge in [-0.05, 0) is 48.5 Å². The lowest BCUT2D eigenvalue weighted by atomic mass is 10.1. The molecule has 10 nitrogen and oxygen atoms in total. The molecule has 34 heavy (non-hydrogen) atoms. The molecule has 1 aromatic heterocycles. The zero-order valence-electron chi connectivity index (χ0n) is 17.3. The van der Waals surface area contributed by atoms with Crippen molar-refractivity contribution in [1.82, 2.24) is 14.7 Å². The summed E-state index contributed by atoms with van der Waals surface area (Å²) in [5, 5.41) is 2.48. The minimum absolute atomic E-state index is 0.162. The van der Waals surface area contributed by atoms with Crippen molar-refractivity contribution in [3.05, 3.63) is 60.4 Å². The molecule has 0 fully saturated rings. The van der Waals surface area contributed by atoms with E-state index in [-0.39, 0.29) is 27.8 Å². The van der Waals surface area contributed by atoms with Gasteiger partial charge in [-0.15, -0.1) is 13.2 Å². The van der Waals surface area contributed by atoms with E-state index in [0.717, 1.165) is 19.1 Å². The number of halogens is 3. The second kappa shape index (κ2) is 9.35. The number of nitrogens with two attached hydrogens (primary N) is 1. The molecule has 2 amide bonds. The number of hydrogen-bond acceptors (Lipinski definition) is 8. The van der Waals surface area contributed by atoms with Crippen LogP contribution < -0.4 is 20.5 Å². The quantitative estimate of drug-likeness (QED) is 0.472. The highest BCUT2D eigenvalue weighted by Gasteiger charge is 2.31. The van der Waals surface area contributed by atoms with Crippen LogP contribution in [-0.4, -0.2) is 36.6 Å². The highest BCUT2D eigenvalue weighted by Crippen LogP contribution is 2.26. The maximum absolute atomic E-state index is 12.6. The van der Waals surface area contributed by atoms with Gasteiger partial charge in [-0.1, -0.05) is 0 Å². The van der Waals surface area contributed by atoms with Gasteiger partial charge in [0, 0.05) is 18.2 Å². The number of benzene rings is 2. The van der Waals surface area contributed by atoms with E-state index in [9.17, 15) is 31.2 Å². The molecule has 0 spiro atoms. The lowest BCUT2D eigenvalue weighted by molar-refractivity contribution is -0.274. The lowest BCUT2D eigenvalue weighted by Crippen LogP contribution is -2.28. The molecule has 0 saturated heterocycles. The van der Waals surface area contributed by atoms with Crippen LogP contribution in [0.15, 0.2) is 59.6 Å². The van der Waals surface area contributed by atoms with Crippen molar-refractivity contribution in [2.75, 3.05) is 11.1 Å². The summed E-state index contributed by atoms with van der Waals surface area (Å²) in [5.41, 5.74) is 6.20. The Kier molecular flexibility index (Phi) is 6.72. The van der Waals surface area contributed by atoms with Crippen molar-refractivity contribution in [3.63, 3.8) is 0 Å². The Bertz CT molecular complexity index is 1330. The van der Waals surface area contributed by atoms with Gasteiger partial charge < -0.3 is 15.8 Å². The molecular formula is C20H16F3N5O5S. The predicted octanol–water partition coefficient (Wildman–Crippen LogP) is 2.70. The number of carbonyl (C=O) groups excluding carboxylic acids is 2. The van der Waals surface area contributed by atoms with E-state index in [1.54, 1.807) is 0 Å². The van der Waals surface area contributed by atoms with E-state index >= 15 is 0 Å². The Labute approximate surface area is 191 Å². The van der Waals surface area contributed by atoms with Gasteiger partial charge in [-0.25, -0.2) is 23.1 Å². The standard InChI is InChI=1S/C20H16F3N5O5S/c1-11(29)28-34(31,32)15-8-4-13(5-9-15)26-19(30)17-18(24)25-10-16(27-17)12-2-6-14(7-3-12)33-20(21,22)23/h2-10H,1H3,(H2,24,25)(H,26,30)(H,28,29). The molecule has 0 aliphatic carbocycles. The minimum atomic E-state index is -4.83. The number of carbonyl (C=O) groups is 2. The average Bonchev–Trinajstić information content (AvgIpc) is 2.73. The summed E-state index contributed by atoms with van der Waals surface area (Å²) in [6.07, 6.45) is -3.59. The molecule has 0 atom stereocenters. The van der Waals surface area contributed by atoms with Crippen molar-refractivity contribution >= 4 is 33.3 Å². The lowest BCUT2D eigenvalue weighted by Gasteiger charge is -2.11. The molecule has 0 aliphatic heterocycles. The van der Waals surface area contributed by atoms with Crippen LogP contribution in [0.5, 0.6) is 5.75 Å². The number of nitrogen functional groups attached to an aromatic ring is 1. The Morgan fingerprint density at radius 2 is 1.65 bits per heavy atom. The summed E-state index contributed by atoms with van der Waals surface area (Å²) < 4.78 is 66.5. The molecule has 1 heterocycles. The third-order valence-corrected chi connectivity index (χ3v) is 5.55. The predicted molar refractivity (Wildman–Crippen MR) is 114 cm³/mol. The minimum Gasteiger partial charge on any atom is -0.406 e. The van der Waals surface area contributed by atoms with Crippen molar-refractivity contribution < 1.29 is 35.9 Å². The largest absolute Gasteiger partial charge is 0.573 e. The molecule has 0 bridgehead atoms. The van der Waals surface area contributed by atoms with E-state index in [4.69, 9.17) is 5.73 Å². The average molecular weight is 495 g/mol. The third-order valence-electron chi connectivity index (χ3n) is 4.10. The van der Waals surface area contributed by atoms with Crippen molar-refractivity contribution in [3.8, 4) is 17.0 Å². The third kappa shape index (κ3) is 6.19. The van der Waals surface area contributed by atoms with Crippen LogP contribution in [0.25, 0.3) is 11.3 Å². The van der Waals surface area contributed by atoms with Crippen LogP contribution in [0, 0.1) is 0 Å². The van der Waals surface area contributed by atoms with Crippen LogP contribution in [0.2, 0.25) is 0 Å². The smallest absolute Gasteiger partial charge is 0.406 e. The highest BCUT2D eigenvalue weighted by atomic mass is 32.2. The van der Waals surface area contributed by atoms with Gasteiger partial charge in [0.25, 0.3) is 15.9 Å². The summed E-state index contributed by atoms with van der Waals surface area (Å²) in [4.78, 5) is 31.5. The fourth-order valence-electron chi connectivity index (χ4n) is 2.69. The first-order valence-electron chi connectivity index (χ1n) is 9.27. The molecule has 14 heteroatoms. The first-order valence-corrected chi connectivity index (χ1v) is 10.8. The zero-order valence-corrected chi connectivity index (χ0v) is 18.1. The number of amides is 2. The molecule has 4 N–H and O–H groups in total. The maximum Gasteiger partial charge on any atom is 0.573 e. The van der Waals surface area contributed by atoms with E-state index in [0.29, 0.717) is 5.56 Å². The van der Waals surface area contributed by atoms with Crippen LogP contribution in [0.3, 0.4) is 0 Å². The molecule has 0 aliphatic rings. The number of nitrogens with one attached hydrogen (secondary N) is 2. The molecule has 3 rings (SSSR count). The number of hydrogen-bond donors (Lipinski definition) is 3. The van der Waals surface area contributed by atoms with E-state index in [1.165, 1.54) is 42.6 Å². The summed E-state index contributed by atoms with van der Waals surface area (Å²) in [7, 11) is -4.04. The van der Waals surface area contributed by atoms with Crippen LogP contribution in [-0.2, 0) is 14.8 Å². The van der Waals surface area contributed by atoms with Gasteiger partial charge in [0.05, 0.1) is 16.8 Å².